The largest absolute Gasteiger partial charge is 0.449 e. The average Bonchev–Trinajstić information content (AvgIpc) is 2.41. The van der Waals surface area contributed by atoms with E-state index >= 15 is 0 Å². The van der Waals surface area contributed by atoms with Gasteiger partial charge in [-0.05, 0) is 35.0 Å². The van der Waals surface area contributed by atoms with Crippen LogP contribution in [0.15, 0.2) is 46.9 Å². The first kappa shape index (κ1) is 14.5. The summed E-state index contributed by atoms with van der Waals surface area (Å²) in [6.45, 7) is 1.61. The highest BCUT2D eigenvalue weighted by Crippen LogP contribution is 2.39. The van der Waals surface area contributed by atoms with E-state index in [2.05, 4.69) is 15.9 Å². The molecule has 2 aromatic rings. The van der Waals surface area contributed by atoms with Crippen molar-refractivity contribution in [3.63, 3.8) is 0 Å². The van der Waals surface area contributed by atoms with Gasteiger partial charge >= 0.3 is 5.69 Å². The van der Waals surface area contributed by atoms with Crippen molar-refractivity contribution in [1.82, 2.24) is 0 Å². The fourth-order valence-electron chi connectivity index (χ4n) is 1.77. The Morgan fingerprint density at radius 3 is 2.60 bits per heavy atom. The quantitative estimate of drug-likeness (QED) is 0.670. The molecular weight excluding hydrogens is 326 g/mol. The Hall–Kier alpha value is -1.92. The number of nitro groups is 1. The predicted octanol–water partition coefficient (Wildman–Crippen LogP) is 4.20. The van der Waals surface area contributed by atoms with Gasteiger partial charge in [0.25, 0.3) is 0 Å². The average molecular weight is 338 g/mol. The Morgan fingerprint density at radius 2 is 1.95 bits per heavy atom. The van der Waals surface area contributed by atoms with E-state index in [1.807, 2.05) is 0 Å². The van der Waals surface area contributed by atoms with E-state index < -0.39 is 11.0 Å². The molecule has 2 rings (SSSR count). The Balaban J connectivity index is 2.48. The molecule has 0 radical (unpaired) electrons. The van der Waals surface area contributed by atoms with Crippen molar-refractivity contribution >= 4 is 21.6 Å². The molecule has 0 amide bonds. The standard InChI is InChI=1S/C14H12BrNO4/c1-9(17)10-5-2-3-8-13(10)20-14-11(15)6-4-7-12(14)16(18)19/h2-9,17H,1H3. The summed E-state index contributed by atoms with van der Waals surface area (Å²) in [6.07, 6.45) is -0.729. The molecular formula is C14H12BrNO4. The van der Waals surface area contributed by atoms with Gasteiger partial charge in [-0.1, -0.05) is 24.3 Å². The molecule has 1 unspecified atom stereocenters. The van der Waals surface area contributed by atoms with Crippen LogP contribution in [-0.4, -0.2) is 10.0 Å². The van der Waals surface area contributed by atoms with E-state index in [4.69, 9.17) is 4.74 Å². The van der Waals surface area contributed by atoms with E-state index in [1.165, 1.54) is 6.07 Å². The van der Waals surface area contributed by atoms with E-state index in [-0.39, 0.29) is 11.4 Å². The topological polar surface area (TPSA) is 72.6 Å². The summed E-state index contributed by atoms with van der Waals surface area (Å²) in [6, 6.07) is 11.5. The van der Waals surface area contributed by atoms with Gasteiger partial charge in [0.05, 0.1) is 15.5 Å². The van der Waals surface area contributed by atoms with Crippen molar-refractivity contribution in [2.24, 2.45) is 0 Å². The monoisotopic (exact) mass is 337 g/mol. The minimum absolute atomic E-state index is 0.116. The first-order chi connectivity index (χ1) is 9.50. The van der Waals surface area contributed by atoms with E-state index in [9.17, 15) is 15.2 Å². The zero-order chi connectivity index (χ0) is 14.7. The molecule has 1 N–H and O–H groups in total. The van der Waals surface area contributed by atoms with Gasteiger partial charge in [0.2, 0.25) is 5.75 Å². The fraction of sp³-hybridized carbons (Fsp3) is 0.143. The third-order valence-electron chi connectivity index (χ3n) is 2.72. The molecule has 0 aromatic heterocycles. The number of aliphatic hydroxyl groups excluding tert-OH is 1. The van der Waals surface area contributed by atoms with E-state index in [0.717, 1.165) is 0 Å². The maximum absolute atomic E-state index is 11.0. The molecule has 2 aromatic carbocycles. The lowest BCUT2D eigenvalue weighted by Gasteiger charge is -2.13. The molecule has 0 aliphatic rings. The maximum Gasteiger partial charge on any atom is 0.312 e. The van der Waals surface area contributed by atoms with Crippen LogP contribution in [0.2, 0.25) is 0 Å². The summed E-state index contributed by atoms with van der Waals surface area (Å²) in [5.41, 5.74) is 0.428. The second kappa shape index (κ2) is 6.02. The van der Waals surface area contributed by atoms with Crippen LogP contribution in [0.5, 0.6) is 11.5 Å². The lowest BCUT2D eigenvalue weighted by Crippen LogP contribution is -1.98. The van der Waals surface area contributed by atoms with Crippen LogP contribution >= 0.6 is 15.9 Å². The summed E-state index contributed by atoms with van der Waals surface area (Å²) < 4.78 is 6.12. The van der Waals surface area contributed by atoms with E-state index in [0.29, 0.717) is 15.8 Å². The Bertz CT molecular complexity index is 643. The molecule has 0 aliphatic carbocycles. The highest BCUT2D eigenvalue weighted by molar-refractivity contribution is 9.10. The van der Waals surface area contributed by atoms with Crippen molar-refractivity contribution in [2.75, 3.05) is 0 Å². The highest BCUT2D eigenvalue weighted by Gasteiger charge is 2.20. The van der Waals surface area contributed by atoms with Gasteiger partial charge in [-0.2, -0.15) is 0 Å². The zero-order valence-electron chi connectivity index (χ0n) is 10.6. The molecule has 0 aliphatic heterocycles. The van der Waals surface area contributed by atoms with Crippen LogP contribution < -0.4 is 4.74 Å². The van der Waals surface area contributed by atoms with Gasteiger partial charge in [0.1, 0.15) is 5.75 Å². The van der Waals surface area contributed by atoms with Crippen molar-refractivity contribution < 1.29 is 14.8 Å². The van der Waals surface area contributed by atoms with Crippen LogP contribution in [0.3, 0.4) is 0 Å². The molecule has 0 spiro atoms. The minimum Gasteiger partial charge on any atom is -0.449 e. The first-order valence-electron chi connectivity index (χ1n) is 5.88. The van der Waals surface area contributed by atoms with Gasteiger partial charge in [-0.15, -0.1) is 0 Å². The van der Waals surface area contributed by atoms with Gasteiger partial charge in [0, 0.05) is 11.6 Å². The van der Waals surface area contributed by atoms with Gasteiger partial charge in [-0.3, -0.25) is 10.1 Å². The summed E-state index contributed by atoms with van der Waals surface area (Å²) in [4.78, 5) is 10.5. The summed E-state index contributed by atoms with van der Waals surface area (Å²) >= 11 is 3.24. The number of hydrogen-bond donors (Lipinski definition) is 1. The predicted molar refractivity (Wildman–Crippen MR) is 77.9 cm³/mol. The Kier molecular flexibility index (Phi) is 4.36. The zero-order valence-corrected chi connectivity index (χ0v) is 12.2. The molecule has 1 atom stereocenters. The maximum atomic E-state index is 11.0. The number of halogens is 1. The van der Waals surface area contributed by atoms with Crippen LogP contribution in [0.4, 0.5) is 5.69 Å². The van der Waals surface area contributed by atoms with Crippen LogP contribution in [0.1, 0.15) is 18.6 Å². The SMILES string of the molecule is CC(O)c1ccccc1Oc1c(Br)cccc1[N+](=O)[O-]. The fourth-order valence-corrected chi connectivity index (χ4v) is 2.21. The van der Waals surface area contributed by atoms with E-state index in [1.54, 1.807) is 43.3 Å². The normalized spacial score (nSPS) is 11.9. The highest BCUT2D eigenvalue weighted by atomic mass is 79.9. The number of rotatable bonds is 4. The van der Waals surface area contributed by atoms with Gasteiger partial charge < -0.3 is 9.84 Å². The molecule has 20 heavy (non-hydrogen) atoms. The second-order valence-electron chi connectivity index (χ2n) is 4.16. The molecule has 0 bridgehead atoms. The summed E-state index contributed by atoms with van der Waals surface area (Å²) in [5, 5.41) is 20.7. The molecule has 104 valence electrons. The lowest BCUT2D eigenvalue weighted by molar-refractivity contribution is -0.385. The molecule has 0 saturated carbocycles. The molecule has 0 heterocycles. The van der Waals surface area contributed by atoms with Gasteiger partial charge in [-0.25, -0.2) is 0 Å². The number of nitro benzene ring substituents is 1. The Labute approximate surface area is 124 Å². The summed E-state index contributed by atoms with van der Waals surface area (Å²) in [7, 11) is 0. The smallest absolute Gasteiger partial charge is 0.312 e. The van der Waals surface area contributed by atoms with Crippen LogP contribution in [0, 0.1) is 10.1 Å². The number of nitrogens with zero attached hydrogens (tertiary/aromatic N) is 1. The number of hydrogen-bond acceptors (Lipinski definition) is 4. The van der Waals surface area contributed by atoms with Crippen LogP contribution in [0.25, 0.3) is 0 Å². The summed E-state index contributed by atoms with van der Waals surface area (Å²) in [5.74, 6) is 0.503. The van der Waals surface area contributed by atoms with Crippen molar-refractivity contribution in [1.29, 1.82) is 0 Å². The minimum atomic E-state index is -0.729. The Morgan fingerprint density at radius 1 is 1.25 bits per heavy atom. The lowest BCUT2D eigenvalue weighted by atomic mass is 10.1. The van der Waals surface area contributed by atoms with Crippen LogP contribution in [-0.2, 0) is 0 Å². The third kappa shape index (κ3) is 2.97. The molecule has 6 heteroatoms. The van der Waals surface area contributed by atoms with Crippen molar-refractivity contribution in [2.45, 2.75) is 13.0 Å². The van der Waals surface area contributed by atoms with Gasteiger partial charge in [0.15, 0.2) is 0 Å². The number of benzene rings is 2. The van der Waals surface area contributed by atoms with Crippen molar-refractivity contribution in [3.05, 3.63) is 62.6 Å². The number of ether oxygens (including phenoxy) is 1. The second-order valence-corrected chi connectivity index (χ2v) is 5.02. The molecule has 0 fully saturated rings. The molecule has 5 nitrogen and oxygen atoms in total. The third-order valence-corrected chi connectivity index (χ3v) is 3.35. The molecule has 0 saturated heterocycles. The number of aliphatic hydroxyl groups is 1. The first-order valence-corrected chi connectivity index (χ1v) is 6.67. The number of para-hydroxylation sites is 2. The van der Waals surface area contributed by atoms with Crippen molar-refractivity contribution in [3.8, 4) is 11.5 Å².